The van der Waals surface area contributed by atoms with Gasteiger partial charge in [-0.2, -0.15) is 11.3 Å². The molecular formula is C36H37NOS. The Bertz CT molecular complexity index is 1570. The Balaban J connectivity index is 1.41. The summed E-state index contributed by atoms with van der Waals surface area (Å²) in [6.07, 6.45) is 23.0. The van der Waals surface area contributed by atoms with Crippen LogP contribution in [-0.4, -0.2) is 12.8 Å². The lowest BCUT2D eigenvalue weighted by atomic mass is 9.61. The van der Waals surface area contributed by atoms with Crippen LogP contribution in [0, 0.1) is 11.3 Å². The van der Waals surface area contributed by atoms with Gasteiger partial charge in [0.05, 0.1) is 6.61 Å². The summed E-state index contributed by atoms with van der Waals surface area (Å²) in [6, 6.07) is 14.1. The first-order valence-corrected chi connectivity index (χ1v) is 15.8. The monoisotopic (exact) mass is 531 g/mol. The molecule has 7 rings (SSSR count). The normalized spacial score (nSPS) is 23.6. The van der Waals surface area contributed by atoms with Crippen molar-refractivity contribution in [3.05, 3.63) is 93.2 Å². The molecule has 4 aliphatic rings. The molecule has 3 heteroatoms. The molecule has 0 N–H and O–H groups in total. The van der Waals surface area contributed by atoms with Crippen molar-refractivity contribution in [2.45, 2.75) is 64.2 Å². The molecule has 2 unspecified atom stereocenters. The number of allylic oxidation sites excluding steroid dienone is 3. The molecule has 3 aliphatic carbocycles. The minimum Gasteiger partial charge on any atom is -0.497 e. The molecule has 198 valence electrons. The van der Waals surface area contributed by atoms with Crippen molar-refractivity contribution >= 4 is 29.4 Å². The van der Waals surface area contributed by atoms with Gasteiger partial charge in [0.2, 0.25) is 0 Å². The van der Waals surface area contributed by atoms with Gasteiger partial charge in [-0.15, -0.1) is 0 Å². The van der Waals surface area contributed by atoms with Crippen LogP contribution in [-0.2, 0) is 11.2 Å². The van der Waals surface area contributed by atoms with Gasteiger partial charge in [-0.3, -0.25) is 4.99 Å². The lowest BCUT2D eigenvalue weighted by Gasteiger charge is -2.42. The van der Waals surface area contributed by atoms with Crippen LogP contribution >= 0.6 is 11.3 Å². The first-order valence-electron chi connectivity index (χ1n) is 14.8. The van der Waals surface area contributed by atoms with Gasteiger partial charge in [0.1, 0.15) is 5.76 Å². The van der Waals surface area contributed by atoms with E-state index in [2.05, 4.69) is 84.6 Å². The summed E-state index contributed by atoms with van der Waals surface area (Å²) < 4.78 is 6.59. The molecular weight excluding hydrogens is 494 g/mol. The Hall–Kier alpha value is -3.17. The number of benzene rings is 2. The number of aliphatic imine (C=N–C) groups is 1. The third kappa shape index (κ3) is 4.26. The van der Waals surface area contributed by atoms with E-state index in [4.69, 9.17) is 9.73 Å². The fourth-order valence-corrected chi connectivity index (χ4v) is 8.33. The van der Waals surface area contributed by atoms with Gasteiger partial charge in [-0.25, -0.2) is 0 Å². The minimum atomic E-state index is -0.0241. The van der Waals surface area contributed by atoms with E-state index in [-0.39, 0.29) is 5.41 Å². The van der Waals surface area contributed by atoms with Gasteiger partial charge in [0, 0.05) is 29.5 Å². The van der Waals surface area contributed by atoms with E-state index in [0.29, 0.717) is 11.8 Å². The second kappa shape index (κ2) is 10.4. The van der Waals surface area contributed by atoms with Crippen LogP contribution < -0.4 is 10.4 Å². The zero-order chi connectivity index (χ0) is 26.2. The number of nitrogens with zero attached hydrogens (tertiary/aromatic N) is 1. The van der Waals surface area contributed by atoms with Crippen molar-refractivity contribution in [3.8, 4) is 22.3 Å². The zero-order valence-electron chi connectivity index (χ0n) is 22.9. The highest BCUT2D eigenvalue weighted by Crippen LogP contribution is 2.51. The summed E-state index contributed by atoms with van der Waals surface area (Å²) in [5.41, 5.74) is 8.12. The van der Waals surface area contributed by atoms with Crippen LogP contribution in [0.4, 0.5) is 0 Å². The van der Waals surface area contributed by atoms with E-state index in [0.717, 1.165) is 31.6 Å². The van der Waals surface area contributed by atoms with Crippen LogP contribution in [0.25, 0.3) is 34.1 Å². The summed E-state index contributed by atoms with van der Waals surface area (Å²) >= 11 is 1.76. The SMILES string of the molecule is CCCOC1=c2c(ccc3c2=CCCC3C2(C3CCCC3)C=CC=CN=C2)-c2ccc(-c3ccsc3)cc2C1. The minimum absolute atomic E-state index is 0.0241. The molecule has 2 nitrogen and oxygen atoms in total. The molecule has 0 radical (unpaired) electrons. The van der Waals surface area contributed by atoms with Crippen molar-refractivity contribution in [2.75, 3.05) is 6.61 Å². The molecule has 0 amide bonds. The van der Waals surface area contributed by atoms with Crippen molar-refractivity contribution in [1.29, 1.82) is 0 Å². The molecule has 1 fully saturated rings. The molecule has 2 heterocycles. The summed E-state index contributed by atoms with van der Waals surface area (Å²) in [4.78, 5) is 4.81. The topological polar surface area (TPSA) is 21.6 Å². The summed E-state index contributed by atoms with van der Waals surface area (Å²) in [7, 11) is 0. The smallest absolute Gasteiger partial charge is 0.109 e. The summed E-state index contributed by atoms with van der Waals surface area (Å²) in [6.45, 7) is 2.96. The van der Waals surface area contributed by atoms with Crippen LogP contribution in [0.1, 0.15) is 68.9 Å². The average molecular weight is 532 g/mol. The third-order valence-corrected chi connectivity index (χ3v) is 10.1. The fraction of sp³-hybridized carbons (Fsp3) is 0.361. The van der Waals surface area contributed by atoms with Crippen LogP contribution in [0.15, 0.2) is 76.6 Å². The highest BCUT2D eigenvalue weighted by atomic mass is 32.1. The Morgan fingerprint density at radius 3 is 2.74 bits per heavy atom. The number of thiophene rings is 1. The number of fused-ring (bicyclic) bond motifs is 5. The lowest BCUT2D eigenvalue weighted by Crippen LogP contribution is -2.44. The maximum atomic E-state index is 6.59. The third-order valence-electron chi connectivity index (χ3n) is 9.45. The maximum Gasteiger partial charge on any atom is 0.109 e. The van der Waals surface area contributed by atoms with Gasteiger partial charge in [-0.05, 0) is 105 Å². The zero-order valence-corrected chi connectivity index (χ0v) is 23.7. The molecule has 0 saturated heterocycles. The second-order valence-corrected chi connectivity index (χ2v) is 12.4. The van der Waals surface area contributed by atoms with Crippen molar-refractivity contribution < 1.29 is 4.74 Å². The molecule has 39 heavy (non-hydrogen) atoms. The van der Waals surface area contributed by atoms with Crippen LogP contribution in [0.2, 0.25) is 0 Å². The quantitative estimate of drug-likeness (QED) is 0.314. The lowest BCUT2D eigenvalue weighted by molar-refractivity contribution is 0.262. The molecule has 3 aromatic rings. The Labute approximate surface area is 236 Å². The maximum absolute atomic E-state index is 6.59. The van der Waals surface area contributed by atoms with Crippen molar-refractivity contribution in [1.82, 2.24) is 0 Å². The molecule has 0 bridgehead atoms. The second-order valence-electron chi connectivity index (χ2n) is 11.6. The summed E-state index contributed by atoms with van der Waals surface area (Å²) in [5, 5.41) is 7.16. The Kier molecular flexibility index (Phi) is 6.64. The van der Waals surface area contributed by atoms with E-state index in [9.17, 15) is 0 Å². The van der Waals surface area contributed by atoms with E-state index in [1.165, 1.54) is 75.9 Å². The molecule has 1 saturated carbocycles. The Morgan fingerprint density at radius 2 is 1.90 bits per heavy atom. The first-order chi connectivity index (χ1) is 19.3. The standard InChI is InChI=1S/C36H37NOS/c1-2-19-38-34-22-27-21-25(26-16-20-39-23-26)12-13-29(27)32-15-14-30-31(35(32)34)10-7-11-33(30)36(28-8-3-4-9-28)17-5-6-18-37-24-36/h5-6,10,12-18,20-21,23-24,28,33H,2-4,7-9,11,19,22H2,1H3. The van der Waals surface area contributed by atoms with E-state index < -0.39 is 0 Å². The van der Waals surface area contributed by atoms with Gasteiger partial charge in [-0.1, -0.05) is 68.3 Å². The Morgan fingerprint density at radius 1 is 1.00 bits per heavy atom. The van der Waals surface area contributed by atoms with Crippen LogP contribution in [0.3, 0.4) is 0 Å². The highest BCUT2D eigenvalue weighted by molar-refractivity contribution is 7.08. The molecule has 1 aromatic heterocycles. The number of rotatable bonds is 6. The highest BCUT2D eigenvalue weighted by Gasteiger charge is 2.45. The summed E-state index contributed by atoms with van der Waals surface area (Å²) in [5.74, 6) is 2.23. The van der Waals surface area contributed by atoms with Gasteiger partial charge in [0.15, 0.2) is 0 Å². The van der Waals surface area contributed by atoms with Crippen molar-refractivity contribution in [2.24, 2.45) is 16.3 Å². The van der Waals surface area contributed by atoms with Crippen LogP contribution in [0.5, 0.6) is 0 Å². The number of hydrogen-bond donors (Lipinski definition) is 0. The number of hydrogen-bond acceptors (Lipinski definition) is 3. The molecule has 1 aliphatic heterocycles. The van der Waals surface area contributed by atoms with Gasteiger partial charge >= 0.3 is 0 Å². The van der Waals surface area contributed by atoms with E-state index in [1.54, 1.807) is 11.3 Å². The first kappa shape index (κ1) is 24.8. The predicted molar refractivity (Wildman–Crippen MR) is 165 cm³/mol. The molecule has 0 spiro atoms. The van der Waals surface area contributed by atoms with E-state index in [1.807, 2.05) is 6.20 Å². The largest absolute Gasteiger partial charge is 0.497 e. The number of ether oxygens (including phenoxy) is 1. The van der Waals surface area contributed by atoms with E-state index >= 15 is 0 Å². The fourth-order valence-electron chi connectivity index (χ4n) is 7.67. The average Bonchev–Trinajstić information content (AvgIpc) is 3.67. The molecule has 2 aromatic carbocycles. The van der Waals surface area contributed by atoms with Crippen molar-refractivity contribution in [3.63, 3.8) is 0 Å². The molecule has 2 atom stereocenters. The predicted octanol–water partition coefficient (Wildman–Crippen LogP) is 8.16. The van der Waals surface area contributed by atoms with Gasteiger partial charge < -0.3 is 4.74 Å². The van der Waals surface area contributed by atoms with Gasteiger partial charge in [0.25, 0.3) is 0 Å².